The first-order valence-corrected chi connectivity index (χ1v) is 7.07. The monoisotopic (exact) mass is 302 g/mol. The lowest BCUT2D eigenvalue weighted by atomic mass is 9.67. The molecule has 0 saturated heterocycles. The summed E-state index contributed by atoms with van der Waals surface area (Å²) in [4.78, 5) is 11.8. The van der Waals surface area contributed by atoms with E-state index >= 15 is 0 Å². The highest BCUT2D eigenvalue weighted by Gasteiger charge is 2.46. The standard InChI is InChI=1S/C15H17ClF2O2/c1-14(17,18)12-10(6-5-7-11(12)16)15(13(19)20)8-3-2-4-9-15/h5-7H,2-4,8-9H2,1H3,(H,19,20). The average Bonchev–Trinajstić information content (AvgIpc) is 2.37. The molecule has 1 aliphatic rings. The molecule has 5 heteroatoms. The first-order chi connectivity index (χ1) is 9.29. The van der Waals surface area contributed by atoms with E-state index in [-0.39, 0.29) is 16.1 Å². The fourth-order valence-corrected chi connectivity index (χ4v) is 3.46. The third kappa shape index (κ3) is 2.53. The summed E-state index contributed by atoms with van der Waals surface area (Å²) in [5, 5.41) is 9.57. The van der Waals surface area contributed by atoms with E-state index in [1.807, 2.05) is 0 Å². The lowest BCUT2D eigenvalue weighted by Gasteiger charge is -2.36. The predicted octanol–water partition coefficient (Wildman–Crippen LogP) is 4.74. The van der Waals surface area contributed by atoms with E-state index in [9.17, 15) is 18.7 Å². The first-order valence-electron chi connectivity index (χ1n) is 6.70. The Balaban J connectivity index is 2.66. The van der Waals surface area contributed by atoms with Gasteiger partial charge in [-0.05, 0) is 24.5 Å². The highest BCUT2D eigenvalue weighted by molar-refractivity contribution is 6.31. The van der Waals surface area contributed by atoms with Gasteiger partial charge in [0, 0.05) is 12.5 Å². The number of carbonyl (C=O) groups is 1. The Labute approximate surface area is 121 Å². The number of aliphatic carboxylic acids is 1. The van der Waals surface area contributed by atoms with Gasteiger partial charge in [-0.25, -0.2) is 8.78 Å². The molecule has 0 amide bonds. The van der Waals surface area contributed by atoms with Crippen molar-refractivity contribution in [2.24, 2.45) is 0 Å². The van der Waals surface area contributed by atoms with Crippen LogP contribution < -0.4 is 0 Å². The molecule has 1 aliphatic carbocycles. The number of carboxylic acid groups (broad SMARTS) is 1. The summed E-state index contributed by atoms with van der Waals surface area (Å²) in [6.07, 6.45) is 3.16. The number of carboxylic acids is 1. The van der Waals surface area contributed by atoms with Crippen molar-refractivity contribution in [3.63, 3.8) is 0 Å². The second-order valence-corrected chi connectivity index (χ2v) is 5.91. The maximum absolute atomic E-state index is 13.9. The van der Waals surface area contributed by atoms with Crippen molar-refractivity contribution in [3.05, 3.63) is 34.3 Å². The van der Waals surface area contributed by atoms with Crippen LogP contribution in [0.5, 0.6) is 0 Å². The minimum atomic E-state index is -3.16. The second kappa shape index (κ2) is 5.32. The average molecular weight is 303 g/mol. The van der Waals surface area contributed by atoms with E-state index < -0.39 is 17.3 Å². The first kappa shape index (κ1) is 15.2. The lowest BCUT2D eigenvalue weighted by molar-refractivity contribution is -0.145. The normalized spacial score (nSPS) is 18.8. The Kier molecular flexibility index (Phi) is 4.05. The highest BCUT2D eigenvalue weighted by atomic mass is 35.5. The number of halogens is 3. The summed E-state index contributed by atoms with van der Waals surface area (Å²) < 4.78 is 27.8. The topological polar surface area (TPSA) is 37.3 Å². The molecule has 2 nitrogen and oxygen atoms in total. The maximum Gasteiger partial charge on any atom is 0.314 e. The lowest BCUT2D eigenvalue weighted by Crippen LogP contribution is -2.39. The number of alkyl halides is 2. The number of benzene rings is 1. The zero-order chi connectivity index (χ0) is 15.0. The zero-order valence-electron chi connectivity index (χ0n) is 11.3. The molecule has 20 heavy (non-hydrogen) atoms. The van der Waals surface area contributed by atoms with Gasteiger partial charge in [-0.3, -0.25) is 4.79 Å². The molecule has 0 heterocycles. The van der Waals surface area contributed by atoms with Crippen LogP contribution in [0.15, 0.2) is 18.2 Å². The Morgan fingerprint density at radius 2 is 1.90 bits per heavy atom. The van der Waals surface area contributed by atoms with Crippen molar-refractivity contribution in [3.8, 4) is 0 Å². The van der Waals surface area contributed by atoms with Gasteiger partial charge in [0.1, 0.15) is 0 Å². The molecule has 0 radical (unpaired) electrons. The van der Waals surface area contributed by atoms with Crippen molar-refractivity contribution in [1.82, 2.24) is 0 Å². The van der Waals surface area contributed by atoms with Crippen LogP contribution in [-0.2, 0) is 16.1 Å². The largest absolute Gasteiger partial charge is 0.481 e. The van der Waals surface area contributed by atoms with Crippen molar-refractivity contribution in [1.29, 1.82) is 0 Å². The molecule has 1 fully saturated rings. The van der Waals surface area contributed by atoms with E-state index in [0.29, 0.717) is 12.8 Å². The third-order valence-electron chi connectivity index (χ3n) is 4.08. The Hall–Kier alpha value is -1.16. The minimum Gasteiger partial charge on any atom is -0.481 e. The molecule has 1 aromatic carbocycles. The van der Waals surface area contributed by atoms with Crippen molar-refractivity contribution in [2.45, 2.75) is 50.4 Å². The van der Waals surface area contributed by atoms with Crippen LogP contribution in [0.4, 0.5) is 8.78 Å². The minimum absolute atomic E-state index is 0.0683. The fourth-order valence-electron chi connectivity index (χ4n) is 3.12. The Morgan fingerprint density at radius 1 is 1.30 bits per heavy atom. The highest BCUT2D eigenvalue weighted by Crippen LogP contribution is 2.46. The van der Waals surface area contributed by atoms with Crippen LogP contribution in [0.1, 0.15) is 50.2 Å². The smallest absolute Gasteiger partial charge is 0.314 e. The molecule has 0 unspecified atom stereocenters. The van der Waals surface area contributed by atoms with Gasteiger partial charge >= 0.3 is 5.97 Å². The second-order valence-electron chi connectivity index (χ2n) is 5.50. The van der Waals surface area contributed by atoms with Crippen LogP contribution in [-0.4, -0.2) is 11.1 Å². The number of hydrogen-bond donors (Lipinski definition) is 1. The zero-order valence-corrected chi connectivity index (χ0v) is 12.0. The van der Waals surface area contributed by atoms with Gasteiger partial charge in [0.05, 0.1) is 10.4 Å². The molecule has 0 bridgehead atoms. The van der Waals surface area contributed by atoms with E-state index in [2.05, 4.69) is 0 Å². The molecular formula is C15H17ClF2O2. The SMILES string of the molecule is CC(F)(F)c1c(Cl)cccc1C1(C(=O)O)CCCCC1. The van der Waals surface area contributed by atoms with Crippen LogP contribution in [0.2, 0.25) is 5.02 Å². The van der Waals surface area contributed by atoms with Crippen molar-refractivity contribution in [2.75, 3.05) is 0 Å². The quantitative estimate of drug-likeness (QED) is 0.875. The number of hydrogen-bond acceptors (Lipinski definition) is 1. The molecule has 0 atom stereocenters. The third-order valence-corrected chi connectivity index (χ3v) is 4.40. The molecule has 2 rings (SSSR count). The predicted molar refractivity (Wildman–Crippen MR) is 73.4 cm³/mol. The Bertz CT molecular complexity index is 517. The summed E-state index contributed by atoms with van der Waals surface area (Å²) in [6.45, 7) is 0.760. The maximum atomic E-state index is 13.9. The van der Waals surface area contributed by atoms with Gasteiger partial charge in [0.2, 0.25) is 0 Å². The molecule has 1 saturated carbocycles. The summed E-state index contributed by atoms with van der Waals surface area (Å²) in [6, 6.07) is 4.42. The van der Waals surface area contributed by atoms with Crippen LogP contribution in [0.25, 0.3) is 0 Å². The van der Waals surface area contributed by atoms with Crippen molar-refractivity contribution < 1.29 is 18.7 Å². The molecule has 0 aliphatic heterocycles. The molecule has 0 aromatic heterocycles. The number of rotatable bonds is 3. The molecule has 1 N–H and O–H groups in total. The van der Waals surface area contributed by atoms with Crippen molar-refractivity contribution >= 4 is 17.6 Å². The van der Waals surface area contributed by atoms with Crippen LogP contribution in [0.3, 0.4) is 0 Å². The van der Waals surface area contributed by atoms with E-state index in [1.165, 1.54) is 12.1 Å². The van der Waals surface area contributed by atoms with Gasteiger partial charge in [-0.2, -0.15) is 0 Å². The van der Waals surface area contributed by atoms with Gasteiger partial charge in [-0.15, -0.1) is 0 Å². The fraction of sp³-hybridized carbons (Fsp3) is 0.533. The van der Waals surface area contributed by atoms with Gasteiger partial charge in [0.15, 0.2) is 0 Å². The van der Waals surface area contributed by atoms with E-state index in [4.69, 9.17) is 11.6 Å². The molecule has 110 valence electrons. The van der Waals surface area contributed by atoms with Gasteiger partial charge in [0.25, 0.3) is 5.92 Å². The Morgan fingerprint density at radius 3 is 2.40 bits per heavy atom. The molecule has 0 spiro atoms. The van der Waals surface area contributed by atoms with Gasteiger partial charge in [-0.1, -0.05) is 43.0 Å². The van der Waals surface area contributed by atoms with Crippen LogP contribution in [0, 0.1) is 0 Å². The summed E-state index contributed by atoms with van der Waals surface area (Å²) in [5.74, 6) is -4.20. The summed E-state index contributed by atoms with van der Waals surface area (Å²) in [5.41, 5.74) is -1.41. The van der Waals surface area contributed by atoms with E-state index in [1.54, 1.807) is 6.07 Å². The van der Waals surface area contributed by atoms with Gasteiger partial charge < -0.3 is 5.11 Å². The summed E-state index contributed by atoms with van der Waals surface area (Å²) >= 11 is 5.93. The summed E-state index contributed by atoms with van der Waals surface area (Å²) in [7, 11) is 0. The van der Waals surface area contributed by atoms with E-state index in [0.717, 1.165) is 26.2 Å². The molecule has 1 aromatic rings. The molecular weight excluding hydrogens is 286 g/mol. The van der Waals surface area contributed by atoms with Crippen LogP contribution >= 0.6 is 11.6 Å².